The van der Waals surface area contributed by atoms with Gasteiger partial charge >= 0.3 is 0 Å². The quantitative estimate of drug-likeness (QED) is 0.590. The number of hydrogen-bond donors (Lipinski definition) is 1. The molecule has 0 bridgehead atoms. The van der Waals surface area contributed by atoms with E-state index in [9.17, 15) is 10.1 Å². The molecule has 0 spiro atoms. The second-order valence-electron chi connectivity index (χ2n) is 6.06. The van der Waals surface area contributed by atoms with Crippen molar-refractivity contribution in [3.05, 3.63) is 58.5 Å². The fraction of sp³-hybridized carbons (Fsp3) is 0.294. The summed E-state index contributed by atoms with van der Waals surface area (Å²) in [4.78, 5) is 24.9. The number of fused-ring (bicyclic) bond motifs is 1. The van der Waals surface area contributed by atoms with Crippen molar-refractivity contribution in [2.45, 2.75) is 18.8 Å². The summed E-state index contributed by atoms with van der Waals surface area (Å²) in [5, 5.41) is 10.8. The zero-order chi connectivity index (χ0) is 16.5. The van der Waals surface area contributed by atoms with Gasteiger partial charge in [0, 0.05) is 25.1 Å². The van der Waals surface area contributed by atoms with Crippen molar-refractivity contribution in [2.75, 3.05) is 18.0 Å². The summed E-state index contributed by atoms with van der Waals surface area (Å²) in [6, 6.07) is 11.3. The predicted molar refractivity (Wildman–Crippen MR) is 91.2 cm³/mol. The lowest BCUT2D eigenvalue weighted by atomic mass is 9.97. The van der Waals surface area contributed by atoms with Crippen molar-refractivity contribution in [3.63, 3.8) is 0 Å². The van der Waals surface area contributed by atoms with Crippen LogP contribution >= 0.6 is 0 Å². The molecule has 122 valence electrons. The molecule has 2 aromatic heterocycles. The first-order valence-corrected chi connectivity index (χ1v) is 8.01. The summed E-state index contributed by atoms with van der Waals surface area (Å²) in [5.74, 6) is 2.09. The van der Waals surface area contributed by atoms with Gasteiger partial charge in [-0.05, 0) is 31.0 Å². The number of benzene rings is 1. The van der Waals surface area contributed by atoms with E-state index in [-0.39, 0.29) is 5.69 Å². The number of hydrogen-bond acceptors (Lipinski definition) is 5. The van der Waals surface area contributed by atoms with E-state index in [0.29, 0.717) is 5.92 Å². The monoisotopic (exact) mass is 323 g/mol. The number of aromatic nitrogens is 3. The van der Waals surface area contributed by atoms with Crippen LogP contribution in [0.3, 0.4) is 0 Å². The Labute approximate surface area is 138 Å². The lowest BCUT2D eigenvalue weighted by Crippen LogP contribution is -2.35. The number of piperidine rings is 1. The molecule has 7 nitrogen and oxygen atoms in total. The molecular weight excluding hydrogens is 306 g/mol. The topological polar surface area (TPSA) is 88.0 Å². The maximum atomic E-state index is 10.8. The van der Waals surface area contributed by atoms with Crippen LogP contribution in [0.4, 0.5) is 11.5 Å². The van der Waals surface area contributed by atoms with Crippen LogP contribution in [-0.2, 0) is 0 Å². The number of anilines is 1. The fourth-order valence-electron chi connectivity index (χ4n) is 3.25. The van der Waals surface area contributed by atoms with Gasteiger partial charge in [0.15, 0.2) is 0 Å². The van der Waals surface area contributed by atoms with Crippen LogP contribution in [0.25, 0.3) is 11.0 Å². The average Bonchev–Trinajstić information content (AvgIpc) is 3.06. The molecule has 1 unspecified atom stereocenters. The largest absolute Gasteiger partial charge is 0.356 e. The first kappa shape index (κ1) is 14.6. The molecule has 1 saturated heterocycles. The van der Waals surface area contributed by atoms with Gasteiger partial charge in [0.2, 0.25) is 0 Å². The number of nitrogens with one attached hydrogen (secondary N) is 1. The van der Waals surface area contributed by atoms with E-state index in [0.717, 1.165) is 48.6 Å². The number of imidazole rings is 1. The Balaban J connectivity index is 1.55. The maximum Gasteiger partial charge on any atom is 0.287 e. The summed E-state index contributed by atoms with van der Waals surface area (Å²) < 4.78 is 0. The first-order chi connectivity index (χ1) is 11.7. The maximum absolute atomic E-state index is 10.8. The van der Waals surface area contributed by atoms with Crippen LogP contribution in [0.15, 0.2) is 42.6 Å². The number of rotatable bonds is 3. The smallest absolute Gasteiger partial charge is 0.287 e. The zero-order valence-electron chi connectivity index (χ0n) is 13.1. The minimum absolute atomic E-state index is 0.0181. The van der Waals surface area contributed by atoms with Crippen LogP contribution in [-0.4, -0.2) is 33.0 Å². The summed E-state index contributed by atoms with van der Waals surface area (Å²) in [6.07, 6.45) is 3.43. The third-order valence-corrected chi connectivity index (χ3v) is 4.48. The highest BCUT2D eigenvalue weighted by Gasteiger charge is 2.25. The Morgan fingerprint density at radius 2 is 2.12 bits per heavy atom. The van der Waals surface area contributed by atoms with Crippen LogP contribution in [0.5, 0.6) is 0 Å². The van der Waals surface area contributed by atoms with Crippen LogP contribution < -0.4 is 4.90 Å². The Kier molecular flexibility index (Phi) is 3.60. The molecule has 1 fully saturated rings. The number of pyridine rings is 1. The van der Waals surface area contributed by atoms with Crippen LogP contribution in [0, 0.1) is 10.1 Å². The Hall–Kier alpha value is -2.96. The predicted octanol–water partition coefficient (Wildman–Crippen LogP) is 3.25. The molecule has 1 N–H and O–H groups in total. The molecule has 3 heterocycles. The molecule has 1 aliphatic heterocycles. The zero-order valence-corrected chi connectivity index (χ0v) is 13.1. The van der Waals surface area contributed by atoms with Gasteiger partial charge in [-0.15, -0.1) is 0 Å². The van der Waals surface area contributed by atoms with Crippen molar-refractivity contribution in [3.8, 4) is 0 Å². The first-order valence-electron chi connectivity index (χ1n) is 8.01. The SMILES string of the molecule is O=[N+]([O-])c1ccc(N2CCCC(c3nc4ccccc4[nH]3)C2)nc1. The molecule has 0 saturated carbocycles. The van der Waals surface area contributed by atoms with Gasteiger partial charge < -0.3 is 9.88 Å². The Morgan fingerprint density at radius 3 is 2.88 bits per heavy atom. The third-order valence-electron chi connectivity index (χ3n) is 4.48. The van der Waals surface area contributed by atoms with E-state index in [1.54, 1.807) is 6.07 Å². The highest BCUT2D eigenvalue weighted by Crippen LogP contribution is 2.29. The second-order valence-corrected chi connectivity index (χ2v) is 6.06. The Morgan fingerprint density at radius 1 is 1.25 bits per heavy atom. The third kappa shape index (κ3) is 2.68. The lowest BCUT2D eigenvalue weighted by Gasteiger charge is -2.32. The number of aromatic amines is 1. The van der Waals surface area contributed by atoms with Crippen LogP contribution in [0.1, 0.15) is 24.6 Å². The summed E-state index contributed by atoms with van der Waals surface area (Å²) >= 11 is 0. The molecule has 0 amide bonds. The summed E-state index contributed by atoms with van der Waals surface area (Å²) in [5.41, 5.74) is 2.06. The van der Waals surface area contributed by atoms with Gasteiger partial charge in [-0.2, -0.15) is 0 Å². The van der Waals surface area contributed by atoms with Crippen molar-refractivity contribution in [1.29, 1.82) is 0 Å². The van der Waals surface area contributed by atoms with Gasteiger partial charge in [0.1, 0.15) is 17.8 Å². The van der Waals surface area contributed by atoms with Gasteiger partial charge in [0.25, 0.3) is 5.69 Å². The van der Waals surface area contributed by atoms with Gasteiger partial charge in [-0.3, -0.25) is 10.1 Å². The van der Waals surface area contributed by atoms with Gasteiger partial charge in [0.05, 0.1) is 16.0 Å². The van der Waals surface area contributed by atoms with E-state index < -0.39 is 4.92 Å². The van der Waals surface area contributed by atoms with Crippen molar-refractivity contribution < 1.29 is 4.92 Å². The molecule has 7 heteroatoms. The van der Waals surface area contributed by atoms with E-state index in [1.165, 1.54) is 12.3 Å². The summed E-state index contributed by atoms with van der Waals surface area (Å²) in [7, 11) is 0. The molecular formula is C17H17N5O2. The van der Waals surface area contributed by atoms with Crippen LogP contribution in [0.2, 0.25) is 0 Å². The minimum atomic E-state index is -0.426. The van der Waals surface area contributed by atoms with E-state index in [4.69, 9.17) is 4.98 Å². The molecule has 4 rings (SSSR count). The number of H-pyrrole nitrogens is 1. The number of nitro groups is 1. The number of nitrogens with zero attached hydrogens (tertiary/aromatic N) is 4. The van der Waals surface area contributed by atoms with E-state index >= 15 is 0 Å². The number of para-hydroxylation sites is 2. The van der Waals surface area contributed by atoms with Crippen molar-refractivity contribution in [1.82, 2.24) is 15.0 Å². The summed E-state index contributed by atoms with van der Waals surface area (Å²) in [6.45, 7) is 1.71. The standard InChI is InChI=1S/C17H17N5O2/c23-22(24)13-7-8-16(18-10-13)21-9-3-4-12(11-21)17-19-14-5-1-2-6-15(14)20-17/h1-2,5-8,10,12H,3-4,9,11H2,(H,19,20). The normalized spacial score (nSPS) is 18.0. The van der Waals surface area contributed by atoms with Crippen molar-refractivity contribution >= 4 is 22.5 Å². The molecule has 1 aliphatic rings. The van der Waals surface area contributed by atoms with Gasteiger partial charge in [-0.1, -0.05) is 12.1 Å². The second kappa shape index (κ2) is 5.92. The van der Waals surface area contributed by atoms with E-state index in [1.807, 2.05) is 24.3 Å². The van der Waals surface area contributed by atoms with Gasteiger partial charge in [-0.25, -0.2) is 9.97 Å². The molecule has 0 radical (unpaired) electrons. The molecule has 1 atom stereocenters. The van der Waals surface area contributed by atoms with Crippen molar-refractivity contribution in [2.24, 2.45) is 0 Å². The lowest BCUT2D eigenvalue weighted by molar-refractivity contribution is -0.385. The molecule has 1 aromatic carbocycles. The van der Waals surface area contributed by atoms with E-state index in [2.05, 4.69) is 14.9 Å². The fourth-order valence-corrected chi connectivity index (χ4v) is 3.25. The highest BCUT2D eigenvalue weighted by atomic mass is 16.6. The molecule has 24 heavy (non-hydrogen) atoms. The molecule has 3 aromatic rings. The average molecular weight is 323 g/mol. The Bertz CT molecular complexity index is 841. The highest BCUT2D eigenvalue weighted by molar-refractivity contribution is 5.74. The molecule has 0 aliphatic carbocycles. The minimum Gasteiger partial charge on any atom is -0.356 e.